The van der Waals surface area contributed by atoms with Crippen LogP contribution in [0, 0.1) is 0 Å². The second-order valence-corrected chi connectivity index (χ2v) is 5.63. The maximum Gasteiger partial charge on any atom is 0.318 e. The summed E-state index contributed by atoms with van der Waals surface area (Å²) >= 11 is 0. The third-order valence-corrected chi connectivity index (χ3v) is 2.50. The summed E-state index contributed by atoms with van der Waals surface area (Å²) in [5.74, 6) is -1.24. The van der Waals surface area contributed by atoms with Crippen molar-refractivity contribution in [3.8, 4) is 0 Å². The number of carbonyl (C=O) groups excluding carboxylic acids is 2. The fourth-order valence-corrected chi connectivity index (χ4v) is 1.45. The lowest BCUT2D eigenvalue weighted by atomic mass is 10.1. The highest BCUT2D eigenvalue weighted by atomic mass is 16.4. The standard InChI is InChI=1S/C13H25N3O4/c1-6-16(8-7-10(17)18)12(20)14-9(2)11(19)15-13(3,4)5/h9H,6-8H2,1-5H3,(H,14,20)(H,15,19)(H,17,18). The highest BCUT2D eigenvalue weighted by Gasteiger charge is 2.22. The van der Waals surface area contributed by atoms with E-state index in [1.807, 2.05) is 20.8 Å². The summed E-state index contributed by atoms with van der Waals surface area (Å²) in [6.07, 6.45) is -0.121. The Labute approximate surface area is 119 Å². The number of carboxylic acids is 1. The van der Waals surface area contributed by atoms with Crippen LogP contribution in [0.3, 0.4) is 0 Å². The first-order valence-corrected chi connectivity index (χ1v) is 6.66. The normalized spacial score (nSPS) is 12.4. The Bertz CT molecular complexity index is 363. The molecule has 3 N–H and O–H groups in total. The van der Waals surface area contributed by atoms with Crippen LogP contribution in [0.5, 0.6) is 0 Å². The van der Waals surface area contributed by atoms with Crippen LogP contribution in [0.1, 0.15) is 41.0 Å². The van der Waals surface area contributed by atoms with Gasteiger partial charge in [0.25, 0.3) is 0 Å². The molecule has 0 saturated heterocycles. The van der Waals surface area contributed by atoms with Crippen molar-refractivity contribution >= 4 is 17.9 Å². The van der Waals surface area contributed by atoms with E-state index in [-0.39, 0.29) is 24.4 Å². The van der Waals surface area contributed by atoms with Crippen molar-refractivity contribution in [2.24, 2.45) is 0 Å². The molecule has 0 aliphatic carbocycles. The number of rotatable bonds is 6. The molecule has 0 spiro atoms. The van der Waals surface area contributed by atoms with Gasteiger partial charge in [-0.2, -0.15) is 0 Å². The fourth-order valence-electron chi connectivity index (χ4n) is 1.45. The number of urea groups is 1. The molecule has 0 aliphatic rings. The van der Waals surface area contributed by atoms with Gasteiger partial charge in [0.05, 0.1) is 6.42 Å². The number of nitrogens with one attached hydrogen (secondary N) is 2. The predicted octanol–water partition coefficient (Wildman–Crippen LogP) is 0.796. The molecule has 20 heavy (non-hydrogen) atoms. The number of hydrogen-bond acceptors (Lipinski definition) is 3. The van der Waals surface area contributed by atoms with Crippen molar-refractivity contribution < 1.29 is 19.5 Å². The van der Waals surface area contributed by atoms with Gasteiger partial charge < -0.3 is 20.6 Å². The van der Waals surface area contributed by atoms with E-state index < -0.39 is 18.0 Å². The second kappa shape index (κ2) is 7.72. The van der Waals surface area contributed by atoms with Gasteiger partial charge in [-0.3, -0.25) is 9.59 Å². The molecule has 0 heterocycles. The van der Waals surface area contributed by atoms with E-state index in [1.54, 1.807) is 13.8 Å². The maximum absolute atomic E-state index is 11.9. The monoisotopic (exact) mass is 287 g/mol. The molecule has 0 aromatic carbocycles. The molecule has 0 aliphatic heterocycles. The van der Waals surface area contributed by atoms with Crippen LogP contribution >= 0.6 is 0 Å². The van der Waals surface area contributed by atoms with E-state index in [0.29, 0.717) is 6.54 Å². The van der Waals surface area contributed by atoms with E-state index in [1.165, 1.54) is 4.90 Å². The number of hydrogen-bond donors (Lipinski definition) is 3. The fraction of sp³-hybridized carbons (Fsp3) is 0.769. The highest BCUT2D eigenvalue weighted by Crippen LogP contribution is 2.00. The number of carboxylic acid groups (broad SMARTS) is 1. The molecule has 0 bridgehead atoms. The van der Waals surface area contributed by atoms with Crippen LogP contribution < -0.4 is 10.6 Å². The van der Waals surface area contributed by atoms with Gasteiger partial charge in [0, 0.05) is 18.6 Å². The zero-order valence-electron chi connectivity index (χ0n) is 12.8. The summed E-state index contributed by atoms with van der Waals surface area (Å²) in [5, 5.41) is 13.9. The van der Waals surface area contributed by atoms with Gasteiger partial charge in [0.2, 0.25) is 5.91 Å². The minimum Gasteiger partial charge on any atom is -0.481 e. The molecule has 0 fully saturated rings. The lowest BCUT2D eigenvalue weighted by Crippen LogP contribution is -2.53. The van der Waals surface area contributed by atoms with E-state index in [4.69, 9.17) is 5.11 Å². The Balaban J connectivity index is 4.41. The summed E-state index contributed by atoms with van der Waals surface area (Å²) < 4.78 is 0. The SMILES string of the molecule is CCN(CCC(=O)O)C(=O)NC(C)C(=O)NC(C)(C)C. The van der Waals surface area contributed by atoms with Gasteiger partial charge in [-0.15, -0.1) is 0 Å². The number of aliphatic carboxylic acids is 1. The Hall–Kier alpha value is -1.79. The van der Waals surface area contributed by atoms with E-state index in [2.05, 4.69) is 10.6 Å². The summed E-state index contributed by atoms with van der Waals surface area (Å²) in [5.41, 5.74) is -0.371. The molecule has 3 amide bonds. The summed E-state index contributed by atoms with van der Waals surface area (Å²) in [4.78, 5) is 35.6. The Morgan fingerprint density at radius 1 is 1.25 bits per heavy atom. The number of carbonyl (C=O) groups is 3. The van der Waals surface area contributed by atoms with Crippen LogP contribution in [0.15, 0.2) is 0 Å². The molecule has 0 rings (SSSR count). The van der Waals surface area contributed by atoms with E-state index in [9.17, 15) is 14.4 Å². The molecule has 116 valence electrons. The smallest absolute Gasteiger partial charge is 0.318 e. The average Bonchev–Trinajstić information content (AvgIpc) is 2.26. The average molecular weight is 287 g/mol. The molecule has 0 saturated carbocycles. The molecule has 7 heteroatoms. The minimum absolute atomic E-state index is 0.116. The second-order valence-electron chi connectivity index (χ2n) is 5.63. The van der Waals surface area contributed by atoms with Gasteiger partial charge in [-0.1, -0.05) is 0 Å². The summed E-state index contributed by atoms with van der Waals surface area (Å²) in [6.45, 7) is 9.39. The lowest BCUT2D eigenvalue weighted by molar-refractivity contribution is -0.137. The summed E-state index contributed by atoms with van der Waals surface area (Å²) in [7, 11) is 0. The number of nitrogens with zero attached hydrogens (tertiary/aromatic N) is 1. The van der Waals surface area contributed by atoms with Crippen LogP contribution in [-0.4, -0.2) is 52.6 Å². The van der Waals surface area contributed by atoms with Gasteiger partial charge >= 0.3 is 12.0 Å². The molecular formula is C13H25N3O4. The predicted molar refractivity (Wildman–Crippen MR) is 75.4 cm³/mol. The number of amides is 3. The topological polar surface area (TPSA) is 98.7 Å². The van der Waals surface area contributed by atoms with E-state index >= 15 is 0 Å². The Kier molecular flexibility index (Phi) is 7.02. The Morgan fingerprint density at radius 3 is 2.20 bits per heavy atom. The molecule has 0 radical (unpaired) electrons. The highest BCUT2D eigenvalue weighted by molar-refractivity contribution is 5.87. The molecule has 7 nitrogen and oxygen atoms in total. The van der Waals surface area contributed by atoms with E-state index in [0.717, 1.165) is 0 Å². The van der Waals surface area contributed by atoms with Gasteiger partial charge in [-0.05, 0) is 34.6 Å². The van der Waals surface area contributed by atoms with Gasteiger partial charge in [0.1, 0.15) is 6.04 Å². The first-order valence-electron chi connectivity index (χ1n) is 6.66. The lowest BCUT2D eigenvalue weighted by Gasteiger charge is -2.26. The third kappa shape index (κ3) is 7.60. The first-order chi connectivity index (χ1) is 9.06. The first kappa shape index (κ1) is 18.2. The minimum atomic E-state index is -0.963. The quantitative estimate of drug-likeness (QED) is 0.672. The van der Waals surface area contributed by atoms with Crippen molar-refractivity contribution in [3.63, 3.8) is 0 Å². The molecule has 0 aromatic heterocycles. The van der Waals surface area contributed by atoms with Crippen molar-refractivity contribution in [2.75, 3.05) is 13.1 Å². The van der Waals surface area contributed by atoms with Gasteiger partial charge in [-0.25, -0.2) is 4.79 Å². The van der Waals surface area contributed by atoms with Crippen molar-refractivity contribution in [1.29, 1.82) is 0 Å². The van der Waals surface area contributed by atoms with Crippen molar-refractivity contribution in [1.82, 2.24) is 15.5 Å². The zero-order chi connectivity index (χ0) is 15.9. The summed E-state index contributed by atoms with van der Waals surface area (Å²) in [6, 6.07) is -1.12. The van der Waals surface area contributed by atoms with Crippen LogP contribution in [0.4, 0.5) is 4.79 Å². The van der Waals surface area contributed by atoms with Crippen molar-refractivity contribution in [2.45, 2.75) is 52.6 Å². The van der Waals surface area contributed by atoms with Gasteiger partial charge in [0.15, 0.2) is 0 Å². The molecule has 0 aromatic rings. The zero-order valence-corrected chi connectivity index (χ0v) is 12.8. The molecule has 1 unspecified atom stereocenters. The van der Waals surface area contributed by atoms with Crippen LogP contribution in [-0.2, 0) is 9.59 Å². The largest absolute Gasteiger partial charge is 0.481 e. The molecule has 1 atom stereocenters. The van der Waals surface area contributed by atoms with Crippen LogP contribution in [0.25, 0.3) is 0 Å². The third-order valence-electron chi connectivity index (χ3n) is 2.50. The van der Waals surface area contributed by atoms with Crippen molar-refractivity contribution in [3.05, 3.63) is 0 Å². The van der Waals surface area contributed by atoms with Crippen LogP contribution in [0.2, 0.25) is 0 Å². The maximum atomic E-state index is 11.9. The molecular weight excluding hydrogens is 262 g/mol. The Morgan fingerprint density at radius 2 is 1.80 bits per heavy atom.